The van der Waals surface area contributed by atoms with Crippen LogP contribution in [0.1, 0.15) is 43.2 Å². The Labute approximate surface area is 181 Å². The van der Waals surface area contributed by atoms with Crippen LogP contribution in [0.3, 0.4) is 0 Å². The number of carbonyl (C=O) groups is 2. The number of rotatable bonds is 5. The monoisotopic (exact) mass is 419 g/mol. The molecule has 2 aromatic carbocycles. The molecule has 0 aromatic heterocycles. The van der Waals surface area contributed by atoms with E-state index in [1.165, 1.54) is 0 Å². The Balaban J connectivity index is 1.70. The number of dihydropyridines is 1. The van der Waals surface area contributed by atoms with Gasteiger partial charge in [0, 0.05) is 34.2 Å². The number of thioether (sulfide) groups is 1. The van der Waals surface area contributed by atoms with Gasteiger partial charge in [-0.2, -0.15) is 0 Å². The summed E-state index contributed by atoms with van der Waals surface area (Å²) in [6.45, 7) is 2.10. The molecule has 0 saturated heterocycles. The third-order valence-electron chi connectivity index (χ3n) is 5.66. The van der Waals surface area contributed by atoms with Crippen molar-refractivity contribution in [3.05, 3.63) is 88.3 Å². The molecule has 2 aliphatic rings. The zero-order valence-corrected chi connectivity index (χ0v) is 18.1. The lowest BCUT2D eigenvalue weighted by molar-refractivity contribution is -0.140. The number of nitrogens with one attached hydrogen (secondary N) is 1. The fraction of sp³-hybridized carbons (Fsp3) is 0.280. The van der Waals surface area contributed by atoms with Crippen molar-refractivity contribution in [3.8, 4) is 0 Å². The highest BCUT2D eigenvalue weighted by Gasteiger charge is 2.39. The second-order valence-electron chi connectivity index (χ2n) is 7.60. The first-order valence-electron chi connectivity index (χ1n) is 10.2. The number of hydrogen-bond donors (Lipinski definition) is 1. The Morgan fingerprint density at radius 2 is 1.83 bits per heavy atom. The molecular weight excluding hydrogens is 394 g/mol. The molecule has 0 radical (unpaired) electrons. The van der Waals surface area contributed by atoms with Gasteiger partial charge >= 0.3 is 5.97 Å². The first kappa shape index (κ1) is 20.5. The highest BCUT2D eigenvalue weighted by molar-refractivity contribution is 7.98. The Hall–Kier alpha value is -2.79. The standard InChI is InChI=1S/C25H25NO3S/c1-16-22(25(28)29-15-17-7-4-3-5-8-17)23(18-11-13-19(30-2)14-12-18)24-20(26-16)9-6-10-21(24)27/h3-5,7-8,11-14,23,26H,6,9-10,15H2,1-2H3. The zero-order chi connectivity index (χ0) is 21.1. The Morgan fingerprint density at radius 3 is 2.53 bits per heavy atom. The summed E-state index contributed by atoms with van der Waals surface area (Å²) < 4.78 is 5.67. The Bertz CT molecular complexity index is 1020. The van der Waals surface area contributed by atoms with Gasteiger partial charge in [0.1, 0.15) is 6.61 Å². The van der Waals surface area contributed by atoms with Crippen molar-refractivity contribution in [3.63, 3.8) is 0 Å². The van der Waals surface area contributed by atoms with Gasteiger partial charge in [-0.1, -0.05) is 42.5 Å². The van der Waals surface area contributed by atoms with Crippen molar-refractivity contribution >= 4 is 23.5 Å². The number of esters is 1. The Morgan fingerprint density at radius 1 is 1.10 bits per heavy atom. The summed E-state index contributed by atoms with van der Waals surface area (Å²) in [5.41, 5.74) is 4.83. The molecule has 30 heavy (non-hydrogen) atoms. The number of Topliss-reactive ketones (excluding diaryl/α,β-unsaturated/α-hetero) is 1. The summed E-state index contributed by atoms with van der Waals surface area (Å²) in [7, 11) is 0. The van der Waals surface area contributed by atoms with Gasteiger partial charge in [-0.25, -0.2) is 4.79 Å². The molecular formula is C25H25NO3S. The van der Waals surface area contributed by atoms with Crippen LogP contribution in [0.25, 0.3) is 0 Å². The summed E-state index contributed by atoms with van der Waals surface area (Å²) in [4.78, 5) is 27.3. The quantitative estimate of drug-likeness (QED) is 0.538. The van der Waals surface area contributed by atoms with Crippen LogP contribution in [0, 0.1) is 0 Å². The van der Waals surface area contributed by atoms with E-state index in [0.717, 1.165) is 45.8 Å². The van der Waals surface area contributed by atoms with E-state index in [9.17, 15) is 9.59 Å². The van der Waals surface area contributed by atoms with E-state index >= 15 is 0 Å². The summed E-state index contributed by atoms with van der Waals surface area (Å²) >= 11 is 1.67. The summed E-state index contributed by atoms with van der Waals surface area (Å²) in [6.07, 6.45) is 4.21. The maximum atomic E-state index is 13.2. The average Bonchev–Trinajstić information content (AvgIpc) is 2.77. The highest BCUT2D eigenvalue weighted by Crippen LogP contribution is 2.42. The van der Waals surface area contributed by atoms with Gasteiger partial charge in [0.25, 0.3) is 0 Å². The van der Waals surface area contributed by atoms with Crippen molar-refractivity contribution in [1.82, 2.24) is 5.32 Å². The van der Waals surface area contributed by atoms with E-state index in [-0.39, 0.29) is 18.4 Å². The van der Waals surface area contributed by atoms with Gasteiger partial charge in [0.05, 0.1) is 5.57 Å². The van der Waals surface area contributed by atoms with Gasteiger partial charge in [-0.05, 0) is 49.3 Å². The molecule has 1 aliphatic heterocycles. The van der Waals surface area contributed by atoms with E-state index < -0.39 is 5.92 Å². The van der Waals surface area contributed by atoms with Crippen molar-refractivity contribution in [2.45, 2.75) is 43.6 Å². The fourth-order valence-electron chi connectivity index (χ4n) is 4.18. The number of allylic oxidation sites excluding steroid dienone is 3. The number of benzene rings is 2. The molecule has 2 aromatic rings. The number of ether oxygens (including phenoxy) is 1. The highest BCUT2D eigenvalue weighted by atomic mass is 32.2. The van der Waals surface area contributed by atoms with Gasteiger partial charge in [-0.3, -0.25) is 4.79 Å². The second kappa shape index (κ2) is 8.92. The summed E-state index contributed by atoms with van der Waals surface area (Å²) in [5.74, 6) is -0.662. The van der Waals surface area contributed by atoms with Crippen LogP contribution in [-0.4, -0.2) is 18.0 Å². The molecule has 1 atom stereocenters. The van der Waals surface area contributed by atoms with E-state index in [2.05, 4.69) is 5.32 Å². The predicted molar refractivity (Wildman–Crippen MR) is 119 cm³/mol. The van der Waals surface area contributed by atoms with E-state index in [0.29, 0.717) is 12.0 Å². The van der Waals surface area contributed by atoms with Crippen molar-refractivity contribution in [1.29, 1.82) is 0 Å². The SMILES string of the molecule is CSc1ccc(C2C(C(=O)OCc3ccccc3)=C(C)NC3=C2C(=O)CCC3)cc1. The summed E-state index contributed by atoms with van der Waals surface area (Å²) in [6, 6.07) is 17.7. The molecule has 1 N–H and O–H groups in total. The largest absolute Gasteiger partial charge is 0.457 e. The van der Waals surface area contributed by atoms with E-state index in [1.807, 2.05) is 67.8 Å². The molecule has 0 amide bonds. The normalized spacial score (nSPS) is 18.7. The lowest BCUT2D eigenvalue weighted by atomic mass is 9.75. The number of hydrogen-bond acceptors (Lipinski definition) is 5. The van der Waals surface area contributed by atoms with Crippen LogP contribution in [0.5, 0.6) is 0 Å². The minimum atomic E-state index is -0.395. The Kier molecular flexibility index (Phi) is 6.09. The molecule has 4 rings (SSSR count). The fourth-order valence-corrected chi connectivity index (χ4v) is 4.59. The predicted octanol–water partition coefficient (Wildman–Crippen LogP) is 5.12. The number of ketones is 1. The maximum Gasteiger partial charge on any atom is 0.337 e. The minimum Gasteiger partial charge on any atom is -0.457 e. The molecule has 4 nitrogen and oxygen atoms in total. The molecule has 5 heteroatoms. The average molecular weight is 420 g/mol. The molecule has 154 valence electrons. The topological polar surface area (TPSA) is 55.4 Å². The second-order valence-corrected chi connectivity index (χ2v) is 8.48. The van der Waals surface area contributed by atoms with Gasteiger partial charge in [-0.15, -0.1) is 11.8 Å². The first-order chi connectivity index (χ1) is 14.6. The lowest BCUT2D eigenvalue weighted by Crippen LogP contribution is -2.34. The van der Waals surface area contributed by atoms with Crippen LogP contribution >= 0.6 is 11.8 Å². The molecule has 0 saturated carbocycles. The van der Waals surface area contributed by atoms with E-state index in [4.69, 9.17) is 4.74 Å². The lowest BCUT2D eigenvalue weighted by Gasteiger charge is -2.34. The molecule has 1 heterocycles. The van der Waals surface area contributed by atoms with Crippen molar-refractivity contribution in [2.24, 2.45) is 0 Å². The van der Waals surface area contributed by atoms with Gasteiger partial charge in [0.15, 0.2) is 5.78 Å². The van der Waals surface area contributed by atoms with Crippen LogP contribution in [0.2, 0.25) is 0 Å². The minimum absolute atomic E-state index is 0.114. The van der Waals surface area contributed by atoms with Crippen LogP contribution in [0.4, 0.5) is 0 Å². The van der Waals surface area contributed by atoms with Gasteiger partial charge < -0.3 is 10.1 Å². The molecule has 0 fully saturated rings. The molecule has 0 spiro atoms. The van der Waals surface area contributed by atoms with Gasteiger partial charge in [0.2, 0.25) is 0 Å². The summed E-state index contributed by atoms with van der Waals surface area (Å²) in [5, 5.41) is 3.33. The van der Waals surface area contributed by atoms with E-state index in [1.54, 1.807) is 11.8 Å². The molecule has 0 bridgehead atoms. The smallest absolute Gasteiger partial charge is 0.337 e. The maximum absolute atomic E-state index is 13.2. The van der Waals surface area contributed by atoms with Crippen LogP contribution in [0.15, 0.2) is 82.0 Å². The third-order valence-corrected chi connectivity index (χ3v) is 6.40. The third kappa shape index (κ3) is 4.08. The van der Waals surface area contributed by atoms with Crippen molar-refractivity contribution < 1.29 is 14.3 Å². The molecule has 1 aliphatic carbocycles. The zero-order valence-electron chi connectivity index (χ0n) is 17.2. The van der Waals surface area contributed by atoms with Crippen molar-refractivity contribution in [2.75, 3.05) is 6.26 Å². The number of carbonyl (C=O) groups excluding carboxylic acids is 2. The van der Waals surface area contributed by atoms with Crippen LogP contribution < -0.4 is 5.32 Å². The first-order valence-corrected chi connectivity index (χ1v) is 11.4. The molecule has 1 unspecified atom stereocenters. The van der Waals surface area contributed by atoms with Crippen LogP contribution in [-0.2, 0) is 20.9 Å².